The molecule has 0 radical (unpaired) electrons. The van der Waals surface area contributed by atoms with Gasteiger partial charge in [0.05, 0.1) is 5.52 Å². The predicted octanol–water partition coefficient (Wildman–Crippen LogP) is 3.86. The average molecular weight is 377 g/mol. The number of hydrogen-bond acceptors (Lipinski definition) is 4. The lowest BCUT2D eigenvalue weighted by atomic mass is 10.0. The predicted molar refractivity (Wildman–Crippen MR) is 115 cm³/mol. The molecule has 3 rings (SSSR count). The molecule has 1 heterocycles. The standard InChI is InChI=1S/C23H28N4O/c1-4-27(5-2)23(28)22(18-9-7-6-8-10-18)26(3)16-17-11-13-20-19(15-17)12-14-21(24)25-20/h6-15,22H,4-5,16H2,1-3H3,(H2,24,25). The number of amides is 1. The number of nitrogens with zero attached hydrogens (tertiary/aromatic N) is 3. The van der Waals surface area contributed by atoms with Crippen molar-refractivity contribution in [2.24, 2.45) is 0 Å². The Balaban J connectivity index is 1.89. The van der Waals surface area contributed by atoms with Crippen LogP contribution in [0.3, 0.4) is 0 Å². The van der Waals surface area contributed by atoms with Gasteiger partial charge >= 0.3 is 0 Å². The smallest absolute Gasteiger partial charge is 0.244 e. The van der Waals surface area contributed by atoms with Crippen molar-refractivity contribution in [2.75, 3.05) is 25.9 Å². The van der Waals surface area contributed by atoms with Crippen molar-refractivity contribution in [3.8, 4) is 0 Å². The lowest BCUT2D eigenvalue weighted by Gasteiger charge is -2.32. The third kappa shape index (κ3) is 4.31. The average Bonchev–Trinajstić information content (AvgIpc) is 2.70. The molecule has 0 bridgehead atoms. The van der Waals surface area contributed by atoms with Gasteiger partial charge in [-0.3, -0.25) is 9.69 Å². The van der Waals surface area contributed by atoms with E-state index in [1.165, 1.54) is 0 Å². The Morgan fingerprint density at radius 1 is 1.04 bits per heavy atom. The van der Waals surface area contributed by atoms with Gasteiger partial charge in [0, 0.05) is 25.0 Å². The van der Waals surface area contributed by atoms with Crippen molar-refractivity contribution in [3.63, 3.8) is 0 Å². The number of hydrogen-bond donors (Lipinski definition) is 1. The van der Waals surface area contributed by atoms with Crippen LogP contribution in [0.25, 0.3) is 10.9 Å². The third-order valence-electron chi connectivity index (χ3n) is 5.07. The summed E-state index contributed by atoms with van der Waals surface area (Å²) in [6.07, 6.45) is 0. The fourth-order valence-corrected chi connectivity index (χ4v) is 3.60. The van der Waals surface area contributed by atoms with Gasteiger partial charge in [-0.05, 0) is 56.3 Å². The minimum atomic E-state index is -0.318. The Hall–Kier alpha value is -2.92. The fraction of sp³-hybridized carbons (Fsp3) is 0.304. The minimum Gasteiger partial charge on any atom is -0.384 e. The van der Waals surface area contributed by atoms with E-state index in [0.717, 1.165) is 22.0 Å². The molecule has 0 saturated carbocycles. The maximum absolute atomic E-state index is 13.2. The van der Waals surface area contributed by atoms with Crippen molar-refractivity contribution in [1.82, 2.24) is 14.8 Å². The summed E-state index contributed by atoms with van der Waals surface area (Å²) in [5, 5.41) is 1.05. The van der Waals surface area contributed by atoms with Crippen LogP contribution in [-0.4, -0.2) is 40.8 Å². The topological polar surface area (TPSA) is 62.5 Å². The number of rotatable bonds is 7. The molecule has 2 aromatic carbocycles. The highest BCUT2D eigenvalue weighted by atomic mass is 16.2. The molecular weight excluding hydrogens is 348 g/mol. The van der Waals surface area contributed by atoms with E-state index in [-0.39, 0.29) is 11.9 Å². The summed E-state index contributed by atoms with van der Waals surface area (Å²) in [6, 6.07) is 19.6. The summed E-state index contributed by atoms with van der Waals surface area (Å²) in [5.41, 5.74) is 8.80. The second-order valence-electron chi connectivity index (χ2n) is 7.00. The van der Waals surface area contributed by atoms with Crippen LogP contribution >= 0.6 is 0 Å². The minimum absolute atomic E-state index is 0.133. The number of pyridine rings is 1. The molecule has 0 spiro atoms. The van der Waals surface area contributed by atoms with Gasteiger partial charge in [0.1, 0.15) is 11.9 Å². The molecule has 1 unspecified atom stereocenters. The molecule has 0 aliphatic rings. The maximum Gasteiger partial charge on any atom is 0.244 e. The molecule has 146 valence electrons. The van der Waals surface area contributed by atoms with E-state index in [1.807, 2.05) is 74.3 Å². The van der Waals surface area contributed by atoms with Crippen LogP contribution in [0.5, 0.6) is 0 Å². The van der Waals surface area contributed by atoms with Crippen LogP contribution in [0.2, 0.25) is 0 Å². The zero-order valence-corrected chi connectivity index (χ0v) is 16.8. The van der Waals surface area contributed by atoms with Crippen molar-refractivity contribution < 1.29 is 4.79 Å². The number of nitrogen functional groups attached to an aromatic ring is 1. The zero-order chi connectivity index (χ0) is 20.1. The SMILES string of the molecule is CCN(CC)C(=O)C(c1ccccc1)N(C)Cc1ccc2nc(N)ccc2c1. The number of aromatic nitrogens is 1. The highest BCUT2D eigenvalue weighted by Gasteiger charge is 2.28. The van der Waals surface area contributed by atoms with Crippen LogP contribution in [0.15, 0.2) is 60.7 Å². The molecule has 0 saturated heterocycles. The van der Waals surface area contributed by atoms with Gasteiger partial charge in [-0.1, -0.05) is 36.4 Å². The van der Waals surface area contributed by atoms with Crippen LogP contribution in [0, 0.1) is 0 Å². The molecule has 1 amide bonds. The second kappa shape index (κ2) is 8.85. The van der Waals surface area contributed by atoms with Gasteiger partial charge in [0.15, 0.2) is 0 Å². The van der Waals surface area contributed by atoms with Gasteiger partial charge in [-0.15, -0.1) is 0 Å². The Morgan fingerprint density at radius 3 is 2.43 bits per heavy atom. The van der Waals surface area contributed by atoms with Crippen molar-refractivity contribution in [3.05, 3.63) is 71.8 Å². The molecule has 5 nitrogen and oxygen atoms in total. The van der Waals surface area contributed by atoms with Crippen molar-refractivity contribution in [2.45, 2.75) is 26.4 Å². The normalized spacial score (nSPS) is 12.3. The zero-order valence-electron chi connectivity index (χ0n) is 16.8. The maximum atomic E-state index is 13.2. The summed E-state index contributed by atoms with van der Waals surface area (Å²) < 4.78 is 0. The number of nitrogens with two attached hydrogens (primary N) is 1. The van der Waals surface area contributed by atoms with Crippen LogP contribution in [-0.2, 0) is 11.3 Å². The van der Waals surface area contributed by atoms with Gasteiger partial charge in [0.2, 0.25) is 5.91 Å². The Bertz CT molecular complexity index is 938. The third-order valence-corrected chi connectivity index (χ3v) is 5.07. The number of carbonyl (C=O) groups is 1. The summed E-state index contributed by atoms with van der Waals surface area (Å²) in [4.78, 5) is 21.6. The fourth-order valence-electron chi connectivity index (χ4n) is 3.60. The van der Waals surface area contributed by atoms with E-state index < -0.39 is 0 Å². The van der Waals surface area contributed by atoms with Crippen LogP contribution in [0.4, 0.5) is 5.82 Å². The first kappa shape index (κ1) is 19.8. The first-order valence-electron chi connectivity index (χ1n) is 9.72. The Morgan fingerprint density at radius 2 is 1.75 bits per heavy atom. The van der Waals surface area contributed by atoms with E-state index >= 15 is 0 Å². The summed E-state index contributed by atoms with van der Waals surface area (Å²) in [7, 11) is 2.00. The molecule has 0 fully saturated rings. The molecule has 1 aromatic heterocycles. The lowest BCUT2D eigenvalue weighted by molar-refractivity contribution is -0.136. The van der Waals surface area contributed by atoms with Crippen LogP contribution < -0.4 is 5.73 Å². The Labute approximate surface area is 166 Å². The van der Waals surface area contributed by atoms with E-state index in [1.54, 1.807) is 0 Å². The molecule has 28 heavy (non-hydrogen) atoms. The summed E-state index contributed by atoms with van der Waals surface area (Å²) in [6.45, 7) is 6.11. The van der Waals surface area contributed by atoms with Crippen molar-refractivity contribution in [1.29, 1.82) is 0 Å². The monoisotopic (exact) mass is 376 g/mol. The molecule has 1 atom stereocenters. The largest absolute Gasteiger partial charge is 0.384 e. The quantitative estimate of drug-likeness (QED) is 0.680. The number of carbonyl (C=O) groups excluding carboxylic acids is 1. The highest BCUT2D eigenvalue weighted by molar-refractivity contribution is 5.83. The molecule has 3 aromatic rings. The molecule has 0 aliphatic heterocycles. The van der Waals surface area contributed by atoms with E-state index in [2.05, 4.69) is 22.0 Å². The van der Waals surface area contributed by atoms with Gasteiger partial charge < -0.3 is 10.6 Å². The second-order valence-corrected chi connectivity index (χ2v) is 7.00. The number of anilines is 1. The summed E-state index contributed by atoms with van der Waals surface area (Å²) in [5.74, 6) is 0.653. The summed E-state index contributed by atoms with van der Waals surface area (Å²) >= 11 is 0. The highest BCUT2D eigenvalue weighted by Crippen LogP contribution is 2.25. The van der Waals surface area contributed by atoms with E-state index in [9.17, 15) is 4.79 Å². The Kier molecular flexibility index (Phi) is 6.26. The lowest BCUT2D eigenvalue weighted by Crippen LogP contribution is -2.41. The van der Waals surface area contributed by atoms with Gasteiger partial charge in [0.25, 0.3) is 0 Å². The molecule has 2 N–H and O–H groups in total. The van der Waals surface area contributed by atoms with Gasteiger partial charge in [-0.2, -0.15) is 0 Å². The van der Waals surface area contributed by atoms with E-state index in [4.69, 9.17) is 5.73 Å². The first-order valence-corrected chi connectivity index (χ1v) is 9.72. The molecular formula is C23H28N4O. The molecule has 5 heteroatoms. The molecule has 0 aliphatic carbocycles. The van der Waals surface area contributed by atoms with Gasteiger partial charge in [-0.25, -0.2) is 4.98 Å². The number of likely N-dealkylation sites (N-methyl/N-ethyl adjacent to an activating group) is 2. The number of fused-ring (bicyclic) bond motifs is 1. The number of benzene rings is 2. The van der Waals surface area contributed by atoms with E-state index in [0.29, 0.717) is 25.5 Å². The first-order chi connectivity index (χ1) is 13.5. The van der Waals surface area contributed by atoms with Crippen LogP contribution in [0.1, 0.15) is 31.0 Å². The van der Waals surface area contributed by atoms with Crippen molar-refractivity contribution >= 4 is 22.6 Å².